The number of nitrogen functional groups attached to an aromatic ring is 1. The Morgan fingerprint density at radius 2 is 1.81 bits per heavy atom. The van der Waals surface area contributed by atoms with Gasteiger partial charge >= 0.3 is 6.01 Å². The number of nitrogens with zero attached hydrogens (tertiary/aromatic N) is 4. The second-order valence-corrected chi connectivity index (χ2v) is 11.5. The number of hydrogen-bond acceptors (Lipinski definition) is 18. The number of hydrogen-bond donors (Lipinski definition) is 3. The molecule has 0 spiro atoms. The monoisotopic (exact) mass is 575 g/mol. The average Bonchev–Trinajstić information content (AvgIpc) is 3.22. The number of aliphatic hydroxyl groups excluding tert-OH is 2. The molecule has 1 fully saturated rings. The van der Waals surface area contributed by atoms with Gasteiger partial charge in [-0.1, -0.05) is 13.3 Å². The highest BCUT2D eigenvalue weighted by molar-refractivity contribution is 7.64. The zero-order chi connectivity index (χ0) is 26.9. The van der Waals surface area contributed by atoms with Crippen LogP contribution in [-0.4, -0.2) is 61.3 Å². The molecular weight excluding hydrogens is 555 g/mol. The lowest BCUT2D eigenvalue weighted by Crippen LogP contribution is -2.34. The molecule has 6 atom stereocenters. The fraction of sp³-hybridized carbons (Fsp3) is 0.643. The van der Waals surface area contributed by atoms with Gasteiger partial charge in [0.25, 0.3) is 15.6 Å². The number of phosphoric ester groups is 1. The van der Waals surface area contributed by atoms with E-state index in [1.54, 1.807) is 0 Å². The van der Waals surface area contributed by atoms with Crippen LogP contribution in [0.4, 0.5) is 5.82 Å². The van der Waals surface area contributed by atoms with Gasteiger partial charge in [-0.05, 0) is 6.42 Å². The molecule has 204 valence electrons. The Hall–Kier alpha value is -1.56. The molecular formula is C14H20N5O14P3-4. The number of ether oxygens (including phenoxy) is 2. The minimum absolute atomic E-state index is 0.0265. The smallest absolute Gasteiger partial charge is 0.301 e. The molecule has 0 aromatic carbocycles. The van der Waals surface area contributed by atoms with Crippen LogP contribution in [-0.2, 0) is 31.6 Å². The Kier molecular flexibility index (Phi) is 8.90. The molecule has 0 aliphatic carbocycles. The van der Waals surface area contributed by atoms with Crippen molar-refractivity contribution in [3.8, 4) is 6.01 Å². The molecule has 36 heavy (non-hydrogen) atoms. The van der Waals surface area contributed by atoms with Crippen molar-refractivity contribution in [1.29, 1.82) is 0 Å². The Morgan fingerprint density at radius 3 is 2.44 bits per heavy atom. The number of anilines is 1. The first-order valence-electron chi connectivity index (χ1n) is 9.98. The highest BCUT2D eigenvalue weighted by Gasteiger charge is 2.46. The minimum atomic E-state index is -6.17. The summed E-state index contributed by atoms with van der Waals surface area (Å²) >= 11 is 0. The van der Waals surface area contributed by atoms with Gasteiger partial charge < -0.3 is 54.1 Å². The van der Waals surface area contributed by atoms with Crippen molar-refractivity contribution in [3.63, 3.8) is 0 Å². The predicted molar refractivity (Wildman–Crippen MR) is 107 cm³/mol. The molecule has 2 aromatic rings. The fourth-order valence-corrected chi connectivity index (χ4v) is 5.94. The van der Waals surface area contributed by atoms with E-state index >= 15 is 0 Å². The maximum absolute atomic E-state index is 11.8. The Morgan fingerprint density at radius 1 is 1.11 bits per heavy atom. The third kappa shape index (κ3) is 7.05. The quantitative estimate of drug-likeness (QED) is 0.168. The molecule has 3 rings (SSSR count). The second kappa shape index (κ2) is 11.0. The molecule has 22 heteroatoms. The standard InChI is InChI=1S/C14H24N5O14P3/c1-2-3-4-29-14-18-8-11(15)16-6-17-12(8)19(14)13-10(21)9(20)7(31-13)5-30-35(25,26)33-36(27,28)32-34(22,23)24/h6-7,9-10,13,20-21H,2-5H2,1H3,(H,25,26)(H,27,28)(H2,15,16,17)(H2,22,23,24)/p-4/t7-,9-,10-,13-/m1/s1. The zero-order valence-electron chi connectivity index (χ0n) is 18.2. The van der Waals surface area contributed by atoms with Crippen LogP contribution in [0.5, 0.6) is 6.01 Å². The molecule has 0 saturated carbocycles. The van der Waals surface area contributed by atoms with Crippen molar-refractivity contribution >= 4 is 40.4 Å². The maximum atomic E-state index is 11.8. The third-order valence-corrected chi connectivity index (χ3v) is 8.26. The number of unbranched alkanes of at least 4 members (excludes halogenated alkanes) is 1. The van der Waals surface area contributed by atoms with E-state index in [0.717, 1.165) is 17.3 Å². The van der Waals surface area contributed by atoms with Crippen LogP contribution < -0.4 is 30.0 Å². The normalized spacial score (nSPS) is 26.1. The van der Waals surface area contributed by atoms with Crippen LogP contribution in [0.25, 0.3) is 11.2 Å². The van der Waals surface area contributed by atoms with Gasteiger partial charge in [0.2, 0.25) is 0 Å². The second-order valence-electron chi connectivity index (χ2n) is 7.24. The molecule has 2 unspecified atom stereocenters. The lowest BCUT2D eigenvalue weighted by Gasteiger charge is -2.37. The lowest BCUT2D eigenvalue weighted by atomic mass is 10.1. The molecule has 0 amide bonds. The van der Waals surface area contributed by atoms with Gasteiger partial charge in [-0.2, -0.15) is 4.98 Å². The summed E-state index contributed by atoms with van der Waals surface area (Å²) in [5, 5.41) is 20.9. The van der Waals surface area contributed by atoms with Crippen molar-refractivity contribution in [2.75, 3.05) is 18.9 Å². The van der Waals surface area contributed by atoms with Gasteiger partial charge in [0.1, 0.15) is 24.6 Å². The summed E-state index contributed by atoms with van der Waals surface area (Å²) in [7, 11) is -18.2. The number of aliphatic hydroxyl groups is 2. The molecule has 2 aromatic heterocycles. The summed E-state index contributed by atoms with van der Waals surface area (Å²) in [6, 6.07) is -0.106. The van der Waals surface area contributed by atoms with E-state index < -0.39 is 54.6 Å². The summed E-state index contributed by atoms with van der Waals surface area (Å²) in [6.45, 7) is 1.01. The van der Waals surface area contributed by atoms with E-state index in [2.05, 4.69) is 28.1 Å². The number of imidazole rings is 1. The highest BCUT2D eigenvalue weighted by Crippen LogP contribution is 2.60. The van der Waals surface area contributed by atoms with E-state index in [1.165, 1.54) is 0 Å². The van der Waals surface area contributed by atoms with Crippen LogP contribution in [0.2, 0.25) is 0 Å². The topological polar surface area (TPSA) is 300 Å². The van der Waals surface area contributed by atoms with Gasteiger partial charge in [-0.25, -0.2) is 18.8 Å². The Labute approximate surface area is 202 Å². The lowest BCUT2D eigenvalue weighted by molar-refractivity contribution is -0.339. The number of nitrogens with two attached hydrogens (primary N) is 1. The van der Waals surface area contributed by atoms with E-state index in [-0.39, 0.29) is 29.6 Å². The minimum Gasteiger partial charge on any atom is -0.790 e. The molecule has 4 N–H and O–H groups in total. The van der Waals surface area contributed by atoms with Gasteiger partial charge in [0, 0.05) is 0 Å². The van der Waals surface area contributed by atoms with Crippen molar-refractivity contribution in [2.24, 2.45) is 0 Å². The highest BCUT2D eigenvalue weighted by atomic mass is 31.3. The van der Waals surface area contributed by atoms with Crippen molar-refractivity contribution in [3.05, 3.63) is 6.33 Å². The SMILES string of the molecule is CCCCOc1nc2c(N)ncnc2n1[C@@H]1O[C@H](COP(=O)([O-])OP(=O)([O-])OP(=O)([O-])[O-])[C@@H](O)[C@H]1O. The van der Waals surface area contributed by atoms with Gasteiger partial charge in [-0.3, -0.25) is 13.4 Å². The molecule has 19 nitrogen and oxygen atoms in total. The zero-order valence-corrected chi connectivity index (χ0v) is 20.9. The molecule has 1 aliphatic rings. The first-order valence-corrected chi connectivity index (χ1v) is 14.4. The van der Waals surface area contributed by atoms with Crippen LogP contribution in [0.1, 0.15) is 26.0 Å². The third-order valence-electron chi connectivity index (χ3n) is 4.59. The Bertz CT molecular complexity index is 1220. The van der Waals surface area contributed by atoms with Crippen molar-refractivity contribution < 1.29 is 66.1 Å². The van der Waals surface area contributed by atoms with Crippen molar-refractivity contribution in [1.82, 2.24) is 19.5 Å². The Balaban J connectivity index is 1.79. The van der Waals surface area contributed by atoms with E-state index in [9.17, 15) is 43.5 Å². The van der Waals surface area contributed by atoms with Gasteiger partial charge in [0.05, 0.1) is 21.0 Å². The molecule has 1 aliphatic heterocycles. The number of rotatable bonds is 12. The van der Waals surface area contributed by atoms with Crippen LogP contribution in [0.3, 0.4) is 0 Å². The molecule has 3 heterocycles. The fourth-order valence-electron chi connectivity index (χ4n) is 3.07. The summed E-state index contributed by atoms with van der Waals surface area (Å²) in [4.78, 5) is 55.9. The van der Waals surface area contributed by atoms with E-state index in [1.807, 2.05) is 6.92 Å². The first kappa shape index (κ1) is 29.0. The summed E-state index contributed by atoms with van der Waals surface area (Å²) in [6.07, 6.45) is -4.07. The molecule has 0 radical (unpaired) electrons. The van der Waals surface area contributed by atoms with Gasteiger partial charge in [0.15, 0.2) is 23.2 Å². The summed E-state index contributed by atoms with van der Waals surface area (Å²) in [5.74, 6) is -0.0265. The van der Waals surface area contributed by atoms with Crippen LogP contribution in [0, 0.1) is 0 Å². The summed E-state index contributed by atoms with van der Waals surface area (Å²) in [5.41, 5.74) is 5.95. The maximum Gasteiger partial charge on any atom is 0.301 e. The first-order chi connectivity index (χ1) is 16.6. The molecule has 1 saturated heterocycles. The largest absolute Gasteiger partial charge is 0.790 e. The van der Waals surface area contributed by atoms with Crippen LogP contribution >= 0.6 is 23.5 Å². The number of aromatic nitrogens is 4. The number of phosphoric acid groups is 3. The van der Waals surface area contributed by atoms with Crippen LogP contribution in [0.15, 0.2) is 6.33 Å². The van der Waals surface area contributed by atoms with E-state index in [4.69, 9.17) is 15.2 Å². The predicted octanol–water partition coefficient (Wildman–Crippen LogP) is -2.98. The molecule has 0 bridgehead atoms. The number of fused-ring (bicyclic) bond motifs is 1. The average molecular weight is 575 g/mol. The van der Waals surface area contributed by atoms with Gasteiger partial charge in [-0.15, -0.1) is 0 Å². The van der Waals surface area contributed by atoms with E-state index in [0.29, 0.717) is 6.42 Å². The van der Waals surface area contributed by atoms with Crippen molar-refractivity contribution in [2.45, 2.75) is 44.3 Å². The summed E-state index contributed by atoms with van der Waals surface area (Å²) < 4.78 is 56.6.